The normalized spacial score (nSPS) is 12.4. The molecule has 0 aliphatic carbocycles. The van der Waals surface area contributed by atoms with Crippen molar-refractivity contribution >= 4 is 46.1 Å². The molecule has 0 aliphatic heterocycles. The van der Waals surface area contributed by atoms with E-state index in [1.165, 1.54) is 44.9 Å². The van der Waals surface area contributed by atoms with Gasteiger partial charge in [0.1, 0.15) is 24.0 Å². The van der Waals surface area contributed by atoms with Gasteiger partial charge in [-0.25, -0.2) is 4.39 Å². The summed E-state index contributed by atoms with van der Waals surface area (Å²) in [6.07, 6.45) is 0. The highest BCUT2D eigenvalue weighted by molar-refractivity contribution is 6.88. The van der Waals surface area contributed by atoms with E-state index in [0.717, 1.165) is 27.6 Å². The van der Waals surface area contributed by atoms with Crippen LogP contribution in [0.4, 0.5) is 4.39 Å². The summed E-state index contributed by atoms with van der Waals surface area (Å²) in [5, 5.41) is 4.70. The number of hydrogen-bond donors (Lipinski definition) is 0. The second-order valence-corrected chi connectivity index (χ2v) is 15.1. The Bertz CT molecular complexity index is 1560. The van der Waals surface area contributed by atoms with E-state index in [-0.39, 0.29) is 5.82 Å². The van der Waals surface area contributed by atoms with Crippen LogP contribution in [-0.4, -0.2) is 8.07 Å². The number of aromatic nitrogens is 1. The molecule has 0 aliphatic rings. The Labute approximate surface area is 189 Å². The molecule has 162 valence electrons. The van der Waals surface area contributed by atoms with Crippen molar-refractivity contribution in [3.05, 3.63) is 71.0 Å². The van der Waals surface area contributed by atoms with Crippen LogP contribution < -0.4 is 9.75 Å². The molecule has 3 aromatic carbocycles. The fraction of sp³-hybridized carbons (Fsp3) is 0.250. The third-order valence-corrected chi connectivity index (χ3v) is 8.91. The summed E-state index contributed by atoms with van der Waals surface area (Å²) >= 11 is 0. The number of nitrogens with zero attached hydrogens (tertiary/aromatic N) is 1. The van der Waals surface area contributed by atoms with Crippen LogP contribution in [0.2, 0.25) is 19.6 Å². The Kier molecular flexibility index (Phi) is 4.58. The van der Waals surface area contributed by atoms with Crippen molar-refractivity contribution in [3.63, 3.8) is 0 Å². The number of halogens is 1. The zero-order chi connectivity index (χ0) is 22.9. The van der Waals surface area contributed by atoms with Gasteiger partial charge in [0.25, 0.3) is 0 Å². The van der Waals surface area contributed by atoms with Gasteiger partial charge in [0.15, 0.2) is 0 Å². The van der Waals surface area contributed by atoms with Gasteiger partial charge in [-0.3, -0.25) is 0 Å². The average molecular weight is 443 g/mol. The molecule has 0 spiro atoms. The van der Waals surface area contributed by atoms with Gasteiger partial charge >= 0.3 is 0 Å². The molecule has 0 radical (unpaired) electrons. The van der Waals surface area contributed by atoms with Crippen LogP contribution in [0.1, 0.15) is 16.7 Å². The molecule has 5 aromatic rings. The molecule has 0 N–H and O–H groups in total. The van der Waals surface area contributed by atoms with Crippen molar-refractivity contribution in [1.29, 1.82) is 0 Å². The number of pyridine rings is 1. The maximum Gasteiger partial charge on any atom is 0.217 e. The molecule has 2 nitrogen and oxygen atoms in total. The van der Waals surface area contributed by atoms with Crippen molar-refractivity contribution < 1.29 is 13.4 Å². The van der Waals surface area contributed by atoms with Gasteiger partial charge in [0.2, 0.25) is 11.2 Å². The van der Waals surface area contributed by atoms with E-state index >= 15 is 0 Å². The first-order valence-electron chi connectivity index (χ1n) is 11.1. The van der Waals surface area contributed by atoms with E-state index in [2.05, 4.69) is 82.4 Å². The summed E-state index contributed by atoms with van der Waals surface area (Å²) in [6, 6.07) is 16.2. The number of aryl methyl sites for hydroxylation is 3. The molecule has 0 atom stereocenters. The van der Waals surface area contributed by atoms with E-state index in [4.69, 9.17) is 4.42 Å². The molecule has 32 heavy (non-hydrogen) atoms. The lowest BCUT2D eigenvalue weighted by Gasteiger charge is -2.17. The van der Waals surface area contributed by atoms with E-state index in [1.54, 1.807) is 0 Å². The molecular formula is C28H29FNOSi+. The zero-order valence-corrected chi connectivity index (χ0v) is 20.9. The molecule has 0 saturated carbocycles. The Balaban J connectivity index is 1.91. The largest absolute Gasteiger partial charge is 0.455 e. The summed E-state index contributed by atoms with van der Waals surface area (Å²) in [5.41, 5.74) is 8.48. The van der Waals surface area contributed by atoms with E-state index in [9.17, 15) is 4.39 Å². The standard InChI is InChI=1S/C28H29FNOSi/c1-16-12-23-22-10-8-19(29)14-26(22)31-28(23)27(18(16)3)25-13-17(2)21-11-9-20(32(5,6)7)15-24(21)30(25)4/h8-15H,1-7H3/q+1. The molecule has 0 saturated heterocycles. The smallest absolute Gasteiger partial charge is 0.217 e. The third kappa shape index (κ3) is 3.08. The van der Waals surface area contributed by atoms with Gasteiger partial charge in [-0.15, -0.1) is 0 Å². The quantitative estimate of drug-likeness (QED) is 0.216. The molecule has 0 unspecified atom stereocenters. The van der Waals surface area contributed by atoms with Gasteiger partial charge in [-0.05, 0) is 61.7 Å². The molecule has 4 heteroatoms. The van der Waals surface area contributed by atoms with Gasteiger partial charge in [-0.1, -0.05) is 30.9 Å². The number of rotatable bonds is 2. The first-order valence-corrected chi connectivity index (χ1v) is 14.6. The van der Waals surface area contributed by atoms with Gasteiger partial charge in [0.05, 0.1) is 13.6 Å². The minimum absolute atomic E-state index is 0.280. The summed E-state index contributed by atoms with van der Waals surface area (Å²) < 4.78 is 22.5. The highest BCUT2D eigenvalue weighted by Gasteiger charge is 2.26. The van der Waals surface area contributed by atoms with Crippen LogP contribution >= 0.6 is 0 Å². The predicted octanol–water partition coefficient (Wildman–Crippen LogP) is 6.84. The first kappa shape index (κ1) is 20.9. The monoisotopic (exact) mass is 442 g/mol. The van der Waals surface area contributed by atoms with Crippen molar-refractivity contribution in [1.82, 2.24) is 0 Å². The van der Waals surface area contributed by atoms with E-state index < -0.39 is 8.07 Å². The lowest BCUT2D eigenvalue weighted by molar-refractivity contribution is -0.633. The zero-order valence-electron chi connectivity index (χ0n) is 19.9. The van der Waals surface area contributed by atoms with E-state index in [1.807, 2.05) is 6.07 Å². The maximum atomic E-state index is 13.9. The minimum atomic E-state index is -1.45. The number of furan rings is 1. The number of fused-ring (bicyclic) bond motifs is 4. The Morgan fingerprint density at radius 2 is 1.53 bits per heavy atom. The summed E-state index contributed by atoms with van der Waals surface area (Å²) in [6.45, 7) is 13.6. The van der Waals surface area contributed by atoms with E-state index in [0.29, 0.717) is 5.58 Å². The van der Waals surface area contributed by atoms with Crippen molar-refractivity contribution in [2.45, 2.75) is 40.4 Å². The molecule has 0 bridgehead atoms. The number of hydrogen-bond acceptors (Lipinski definition) is 1. The van der Waals surface area contributed by atoms with Crippen molar-refractivity contribution in [2.75, 3.05) is 0 Å². The summed E-state index contributed by atoms with van der Waals surface area (Å²) in [4.78, 5) is 0. The fourth-order valence-electron chi connectivity index (χ4n) is 4.78. The molecule has 5 rings (SSSR count). The summed E-state index contributed by atoms with van der Waals surface area (Å²) in [5.74, 6) is -0.280. The molecular weight excluding hydrogens is 413 g/mol. The molecule has 2 aromatic heterocycles. The van der Waals surface area contributed by atoms with Crippen LogP contribution in [0.5, 0.6) is 0 Å². The van der Waals surface area contributed by atoms with Crippen LogP contribution in [0, 0.1) is 26.6 Å². The lowest BCUT2D eigenvalue weighted by atomic mass is 9.95. The first-order chi connectivity index (χ1) is 15.1. The second kappa shape index (κ2) is 7.01. The van der Waals surface area contributed by atoms with Crippen LogP contribution in [0.15, 0.2) is 52.9 Å². The maximum absolute atomic E-state index is 13.9. The van der Waals surface area contributed by atoms with Crippen LogP contribution in [0.3, 0.4) is 0 Å². The summed E-state index contributed by atoms with van der Waals surface area (Å²) in [7, 11) is 0.694. The highest BCUT2D eigenvalue weighted by atomic mass is 28.3. The topological polar surface area (TPSA) is 17.0 Å². The molecule has 0 amide bonds. The lowest BCUT2D eigenvalue weighted by Crippen LogP contribution is -2.40. The highest BCUT2D eigenvalue weighted by Crippen LogP contribution is 2.39. The van der Waals surface area contributed by atoms with Gasteiger partial charge < -0.3 is 4.42 Å². The minimum Gasteiger partial charge on any atom is -0.455 e. The fourth-order valence-corrected chi connectivity index (χ4v) is 5.93. The third-order valence-electron chi connectivity index (χ3n) is 6.87. The Morgan fingerprint density at radius 1 is 0.812 bits per heavy atom. The second-order valence-electron chi connectivity index (χ2n) is 10.1. The predicted molar refractivity (Wildman–Crippen MR) is 135 cm³/mol. The van der Waals surface area contributed by atoms with Crippen molar-refractivity contribution in [3.8, 4) is 11.3 Å². The Hall–Kier alpha value is -2.98. The average Bonchev–Trinajstić information content (AvgIpc) is 3.07. The SMILES string of the molecule is Cc1cc2c(oc3cc(F)ccc32)c(-c2cc(C)c3ccc([Si](C)(C)C)cc3[n+]2C)c1C. The van der Waals surface area contributed by atoms with Gasteiger partial charge in [-0.2, -0.15) is 4.57 Å². The Morgan fingerprint density at radius 3 is 2.25 bits per heavy atom. The molecule has 2 heterocycles. The molecule has 0 fully saturated rings. The van der Waals surface area contributed by atoms with Gasteiger partial charge in [0, 0.05) is 34.4 Å². The van der Waals surface area contributed by atoms with Crippen LogP contribution in [0.25, 0.3) is 44.1 Å². The number of benzene rings is 3. The van der Waals surface area contributed by atoms with Crippen LogP contribution in [-0.2, 0) is 7.05 Å². The van der Waals surface area contributed by atoms with Crippen molar-refractivity contribution in [2.24, 2.45) is 7.05 Å².